The fourth-order valence-corrected chi connectivity index (χ4v) is 3.00. The molecular formula is C37H51NO4. The van der Waals surface area contributed by atoms with Crippen molar-refractivity contribution in [1.82, 2.24) is 0 Å². The van der Waals surface area contributed by atoms with Crippen molar-refractivity contribution in [2.24, 2.45) is 5.73 Å². The van der Waals surface area contributed by atoms with E-state index < -0.39 is 0 Å². The lowest BCUT2D eigenvalue weighted by molar-refractivity contribution is 0.263. The van der Waals surface area contributed by atoms with Gasteiger partial charge in [0.2, 0.25) is 0 Å². The van der Waals surface area contributed by atoms with Crippen LogP contribution in [0.4, 0.5) is 0 Å². The number of para-hydroxylation sites is 2. The number of ether oxygens (including phenoxy) is 4. The van der Waals surface area contributed by atoms with E-state index in [9.17, 15) is 0 Å². The van der Waals surface area contributed by atoms with Crippen LogP contribution in [0.15, 0.2) is 121 Å². The third-order valence-electron chi connectivity index (χ3n) is 5.04. The number of nitrogens with two attached hydrogens (primary N) is 1. The van der Waals surface area contributed by atoms with E-state index in [1.807, 2.05) is 72.8 Å². The van der Waals surface area contributed by atoms with Crippen molar-refractivity contribution >= 4 is 0 Å². The number of rotatable bonds is 7. The quantitative estimate of drug-likeness (QED) is 0.224. The average molecular weight is 574 g/mol. The van der Waals surface area contributed by atoms with Crippen LogP contribution in [0.2, 0.25) is 0 Å². The van der Waals surface area contributed by atoms with Crippen molar-refractivity contribution in [2.45, 2.75) is 52.7 Å². The van der Waals surface area contributed by atoms with E-state index in [-0.39, 0.29) is 0 Å². The van der Waals surface area contributed by atoms with Gasteiger partial charge >= 0.3 is 0 Å². The Morgan fingerprint density at radius 2 is 0.738 bits per heavy atom. The molecule has 228 valence electrons. The first-order valence-corrected chi connectivity index (χ1v) is 15.0. The Hall–Kier alpha value is -3.64. The van der Waals surface area contributed by atoms with E-state index in [1.165, 1.54) is 31.0 Å². The van der Waals surface area contributed by atoms with Crippen molar-refractivity contribution < 1.29 is 18.9 Å². The van der Waals surface area contributed by atoms with Crippen LogP contribution in [0.25, 0.3) is 11.1 Å². The zero-order valence-electron chi connectivity index (χ0n) is 26.2. The van der Waals surface area contributed by atoms with Crippen molar-refractivity contribution in [2.75, 3.05) is 33.5 Å². The van der Waals surface area contributed by atoms with E-state index in [2.05, 4.69) is 82.0 Å². The lowest BCUT2D eigenvalue weighted by atomic mass is 10.1. The van der Waals surface area contributed by atoms with Crippen LogP contribution in [-0.2, 0) is 9.47 Å². The number of benzene rings is 4. The highest BCUT2D eigenvalue weighted by Gasteiger charge is 2.23. The molecule has 0 amide bonds. The van der Waals surface area contributed by atoms with Crippen LogP contribution in [0.1, 0.15) is 40.5 Å². The van der Waals surface area contributed by atoms with Crippen molar-refractivity contribution in [3.05, 3.63) is 121 Å². The molecule has 0 bridgehead atoms. The van der Waals surface area contributed by atoms with Crippen LogP contribution in [-0.4, -0.2) is 45.7 Å². The van der Waals surface area contributed by atoms with Gasteiger partial charge in [-0.1, -0.05) is 138 Å². The molecule has 2 fully saturated rings. The molecular weight excluding hydrogens is 522 g/mol. The maximum absolute atomic E-state index is 5.40. The Morgan fingerprint density at radius 3 is 0.976 bits per heavy atom. The summed E-state index contributed by atoms with van der Waals surface area (Å²) in [6.45, 7) is 11.6. The van der Waals surface area contributed by atoms with Gasteiger partial charge in [0.1, 0.15) is 36.9 Å². The largest absolute Gasteiger partial charge is 0.491 e. The van der Waals surface area contributed by atoms with Gasteiger partial charge in [0, 0.05) is 0 Å². The molecule has 5 nitrogen and oxygen atoms in total. The zero-order chi connectivity index (χ0) is 30.7. The minimum Gasteiger partial charge on any atom is -0.491 e. The van der Waals surface area contributed by atoms with E-state index in [0.29, 0.717) is 25.4 Å². The molecule has 0 spiro atoms. The zero-order valence-corrected chi connectivity index (χ0v) is 26.2. The third-order valence-corrected chi connectivity index (χ3v) is 5.04. The summed E-state index contributed by atoms with van der Waals surface area (Å²) in [6, 6.07) is 40.4. The van der Waals surface area contributed by atoms with E-state index in [1.54, 1.807) is 0 Å². The Kier molecular flexibility index (Phi) is 21.7. The van der Waals surface area contributed by atoms with Crippen LogP contribution in [0.3, 0.4) is 0 Å². The molecule has 5 heteroatoms. The van der Waals surface area contributed by atoms with Gasteiger partial charge in [0.15, 0.2) is 0 Å². The first-order valence-electron chi connectivity index (χ1n) is 15.0. The van der Waals surface area contributed by atoms with Gasteiger partial charge in [-0.15, -0.1) is 0 Å². The summed E-state index contributed by atoms with van der Waals surface area (Å²) in [6.07, 6.45) is 3.19. The maximum atomic E-state index is 5.40. The fraction of sp³-hybridized carbons (Fsp3) is 0.351. The molecule has 2 atom stereocenters. The van der Waals surface area contributed by atoms with Crippen molar-refractivity contribution in [3.63, 3.8) is 0 Å². The van der Waals surface area contributed by atoms with Gasteiger partial charge in [-0.05, 0) is 42.4 Å². The summed E-state index contributed by atoms with van der Waals surface area (Å²) in [5, 5.41) is 0. The predicted molar refractivity (Wildman–Crippen MR) is 177 cm³/mol. The van der Waals surface area contributed by atoms with Crippen molar-refractivity contribution in [3.8, 4) is 22.6 Å². The summed E-state index contributed by atoms with van der Waals surface area (Å²) >= 11 is 0. The summed E-state index contributed by atoms with van der Waals surface area (Å²) < 4.78 is 20.8. The van der Waals surface area contributed by atoms with Crippen molar-refractivity contribution in [1.29, 1.82) is 0 Å². The fourth-order valence-electron chi connectivity index (χ4n) is 3.00. The number of epoxide rings is 2. The molecule has 2 saturated heterocycles. The topological polar surface area (TPSA) is 69.5 Å². The van der Waals surface area contributed by atoms with Crippen LogP contribution >= 0.6 is 0 Å². The molecule has 0 saturated carbocycles. The second kappa shape index (κ2) is 25.1. The highest BCUT2D eigenvalue weighted by Crippen LogP contribution is 2.17. The second-order valence-electron chi connectivity index (χ2n) is 9.31. The standard InChI is InChI=1S/C12H10.2C9H10O2.2C3H8.CH5N/c1-3-7-11(8-4-1)12-9-5-2-6-10-12;2*1-2-4-8(5-3-1)10-6-9-7-11-9;2*1-3-2;1-2/h1-10H;2*1-5,9H,6-7H2;2*3H2,1-2H3;2H2,1H3. The lowest BCUT2D eigenvalue weighted by Crippen LogP contribution is -2.03. The molecule has 2 N–H and O–H groups in total. The van der Waals surface area contributed by atoms with Gasteiger partial charge in [-0.3, -0.25) is 0 Å². The monoisotopic (exact) mass is 573 g/mol. The Labute approximate surface area is 254 Å². The molecule has 0 aliphatic carbocycles. The predicted octanol–water partition coefficient (Wildman–Crippen LogP) is 8.69. The molecule has 6 rings (SSSR count). The van der Waals surface area contributed by atoms with Gasteiger partial charge in [-0.2, -0.15) is 0 Å². The Bertz CT molecular complexity index is 997. The first-order chi connectivity index (χ1) is 20.7. The molecule has 2 unspecified atom stereocenters. The highest BCUT2D eigenvalue weighted by molar-refractivity contribution is 5.62. The molecule has 2 aliphatic rings. The number of hydrogen-bond donors (Lipinski definition) is 1. The molecule has 0 radical (unpaired) electrons. The summed E-state index contributed by atoms with van der Waals surface area (Å²) in [4.78, 5) is 0. The Balaban J connectivity index is 0.000000280. The SMILES string of the molecule is CCC.CCC.CN.c1ccc(-c2ccccc2)cc1.c1ccc(OCC2CO2)cc1.c1ccc(OCC2CO2)cc1. The van der Waals surface area contributed by atoms with Gasteiger partial charge in [0.25, 0.3) is 0 Å². The van der Waals surface area contributed by atoms with Gasteiger partial charge in [-0.25, -0.2) is 0 Å². The minimum atomic E-state index is 0.343. The minimum absolute atomic E-state index is 0.343. The first kappa shape index (κ1) is 36.4. The molecule has 4 aromatic rings. The second-order valence-corrected chi connectivity index (χ2v) is 9.31. The highest BCUT2D eigenvalue weighted by atomic mass is 16.6. The van der Waals surface area contributed by atoms with Crippen LogP contribution in [0.5, 0.6) is 11.5 Å². The molecule has 42 heavy (non-hydrogen) atoms. The molecule has 2 heterocycles. The van der Waals surface area contributed by atoms with E-state index in [0.717, 1.165) is 24.7 Å². The average Bonchev–Trinajstić information content (AvgIpc) is 4.00. The lowest BCUT2D eigenvalue weighted by Gasteiger charge is -2.01. The van der Waals surface area contributed by atoms with Gasteiger partial charge in [0.05, 0.1) is 13.2 Å². The molecule has 4 aromatic carbocycles. The summed E-state index contributed by atoms with van der Waals surface area (Å²) in [5.74, 6) is 1.84. The summed E-state index contributed by atoms with van der Waals surface area (Å²) in [5.41, 5.74) is 7.05. The molecule has 2 aliphatic heterocycles. The normalized spacial score (nSPS) is 14.9. The Morgan fingerprint density at radius 1 is 0.500 bits per heavy atom. The smallest absolute Gasteiger partial charge is 0.119 e. The van der Waals surface area contributed by atoms with E-state index in [4.69, 9.17) is 18.9 Å². The van der Waals surface area contributed by atoms with Crippen LogP contribution < -0.4 is 15.2 Å². The number of hydrogen-bond acceptors (Lipinski definition) is 5. The molecule has 0 aromatic heterocycles. The summed E-state index contributed by atoms with van der Waals surface area (Å²) in [7, 11) is 1.50. The van der Waals surface area contributed by atoms with Gasteiger partial charge < -0.3 is 24.7 Å². The van der Waals surface area contributed by atoms with Crippen LogP contribution in [0, 0.1) is 0 Å². The maximum Gasteiger partial charge on any atom is 0.119 e. The third kappa shape index (κ3) is 19.4. The van der Waals surface area contributed by atoms with E-state index >= 15 is 0 Å².